The predicted molar refractivity (Wildman–Crippen MR) is 90.9 cm³/mol. The topological polar surface area (TPSA) is 85.8 Å². The van der Waals surface area contributed by atoms with Crippen molar-refractivity contribution >= 4 is 29.2 Å². The number of halogens is 2. The standard InChI is InChI=1S/C9H7Cl2N5O.C6H4/c10-5-1-6(11)3-7(2-5)16-4-13-8(15-12)14-9(16)17;1-2-6-4-3-5(1)6/h1-4H,12H2,(H,14,15,17);1-4H. The van der Waals surface area contributed by atoms with Crippen LogP contribution in [0.5, 0.6) is 0 Å². The van der Waals surface area contributed by atoms with Crippen LogP contribution in [0.2, 0.25) is 10.0 Å². The Kier molecular flexibility index (Phi) is 4.29. The molecule has 1 heterocycles. The number of nitrogen functional groups attached to an aromatic ring is 1. The highest BCUT2D eigenvalue weighted by molar-refractivity contribution is 6.34. The van der Waals surface area contributed by atoms with Gasteiger partial charge in [0.25, 0.3) is 0 Å². The summed E-state index contributed by atoms with van der Waals surface area (Å²) in [6.07, 6.45) is 1.28. The molecule has 3 N–H and O–H groups in total. The molecule has 116 valence electrons. The lowest BCUT2D eigenvalue weighted by molar-refractivity contribution is 0.859. The average molecular weight is 348 g/mol. The largest absolute Gasteiger partial charge is 0.356 e. The minimum absolute atomic E-state index is 0.0411. The number of aromatic nitrogens is 3. The summed E-state index contributed by atoms with van der Waals surface area (Å²) in [5.74, 6) is 5.13. The van der Waals surface area contributed by atoms with Gasteiger partial charge in [-0.15, -0.1) is 0 Å². The zero-order valence-corrected chi connectivity index (χ0v) is 13.2. The molecule has 0 spiro atoms. The lowest BCUT2D eigenvalue weighted by Gasteiger charge is -2.10. The third-order valence-electron chi connectivity index (χ3n) is 3.18. The number of anilines is 1. The third kappa shape index (κ3) is 3.34. The fraction of sp³-hybridized carbons (Fsp3) is 0. The summed E-state index contributed by atoms with van der Waals surface area (Å²) in [4.78, 5) is 19.1. The van der Waals surface area contributed by atoms with Crippen LogP contribution in [0.1, 0.15) is 0 Å². The van der Waals surface area contributed by atoms with Gasteiger partial charge in [-0.05, 0) is 29.3 Å². The van der Waals surface area contributed by atoms with Crippen molar-refractivity contribution in [3.05, 3.63) is 69.3 Å². The second kappa shape index (κ2) is 6.37. The van der Waals surface area contributed by atoms with Crippen molar-refractivity contribution in [1.29, 1.82) is 0 Å². The van der Waals surface area contributed by atoms with Crippen molar-refractivity contribution in [2.75, 3.05) is 5.43 Å². The van der Waals surface area contributed by atoms with Crippen LogP contribution in [0, 0.1) is 0 Å². The highest BCUT2D eigenvalue weighted by atomic mass is 35.5. The van der Waals surface area contributed by atoms with E-state index in [9.17, 15) is 4.79 Å². The van der Waals surface area contributed by atoms with Gasteiger partial charge in [0.05, 0.1) is 5.69 Å². The summed E-state index contributed by atoms with van der Waals surface area (Å²) in [6.45, 7) is 0. The molecule has 1 aromatic heterocycles. The van der Waals surface area contributed by atoms with E-state index < -0.39 is 5.69 Å². The van der Waals surface area contributed by atoms with Crippen molar-refractivity contribution in [1.82, 2.24) is 14.5 Å². The Morgan fingerprint density at radius 1 is 1.00 bits per heavy atom. The maximum absolute atomic E-state index is 11.7. The van der Waals surface area contributed by atoms with Gasteiger partial charge in [0.2, 0.25) is 5.95 Å². The minimum atomic E-state index is -0.536. The maximum atomic E-state index is 11.7. The lowest BCUT2D eigenvalue weighted by atomic mass is 9.95. The molecule has 0 aliphatic heterocycles. The number of nitrogens with one attached hydrogen (secondary N) is 1. The first kappa shape index (κ1) is 15.5. The van der Waals surface area contributed by atoms with Crippen LogP contribution in [0.15, 0.2) is 53.6 Å². The number of nitrogens with zero attached hydrogens (tertiary/aromatic N) is 3. The number of hydrazine groups is 1. The van der Waals surface area contributed by atoms with E-state index in [1.54, 1.807) is 18.2 Å². The van der Waals surface area contributed by atoms with Crippen LogP contribution >= 0.6 is 23.2 Å². The molecule has 8 heteroatoms. The third-order valence-corrected chi connectivity index (χ3v) is 3.61. The van der Waals surface area contributed by atoms with Crippen LogP contribution < -0.4 is 17.0 Å². The minimum Gasteiger partial charge on any atom is -0.292 e. The van der Waals surface area contributed by atoms with Gasteiger partial charge in [0, 0.05) is 10.0 Å². The molecule has 2 aliphatic rings. The number of benzene rings is 2. The molecule has 0 bridgehead atoms. The summed E-state index contributed by atoms with van der Waals surface area (Å²) in [7, 11) is 0. The SMILES string of the molecule is NNc1ncn(-c2cc(Cl)cc(Cl)c2)c(=O)n1.c1cc2ccc1-2. The number of hydrogen-bond donors (Lipinski definition) is 2. The molecule has 0 unspecified atom stereocenters. The molecule has 23 heavy (non-hydrogen) atoms. The van der Waals surface area contributed by atoms with Crippen LogP contribution in [0.25, 0.3) is 16.8 Å². The van der Waals surface area contributed by atoms with Crippen LogP contribution in [-0.4, -0.2) is 14.5 Å². The number of rotatable bonds is 2. The van der Waals surface area contributed by atoms with Gasteiger partial charge in [-0.25, -0.2) is 15.6 Å². The quantitative estimate of drug-likeness (QED) is 0.430. The van der Waals surface area contributed by atoms with Crippen molar-refractivity contribution in [3.8, 4) is 16.8 Å². The van der Waals surface area contributed by atoms with Gasteiger partial charge in [0.15, 0.2) is 0 Å². The Bertz CT molecular complexity index is 867. The molecular weight excluding hydrogens is 337 g/mol. The summed E-state index contributed by atoms with van der Waals surface area (Å²) < 4.78 is 1.21. The summed E-state index contributed by atoms with van der Waals surface area (Å²) >= 11 is 11.7. The Morgan fingerprint density at radius 3 is 1.96 bits per heavy atom. The Hall–Kier alpha value is -2.41. The normalized spacial score (nSPS) is 10.6. The van der Waals surface area contributed by atoms with Crippen molar-refractivity contribution in [2.45, 2.75) is 0 Å². The first-order valence-corrected chi connectivity index (χ1v) is 7.31. The molecule has 0 atom stereocenters. The second-order valence-electron chi connectivity index (χ2n) is 4.68. The second-order valence-corrected chi connectivity index (χ2v) is 5.55. The maximum Gasteiger partial charge on any atom is 0.356 e. The summed E-state index contributed by atoms with van der Waals surface area (Å²) in [6, 6.07) is 13.2. The van der Waals surface area contributed by atoms with Crippen LogP contribution in [-0.2, 0) is 0 Å². The number of nitrogens with two attached hydrogens (primary N) is 1. The van der Waals surface area contributed by atoms with E-state index in [-0.39, 0.29) is 5.95 Å². The van der Waals surface area contributed by atoms with E-state index in [0.717, 1.165) is 0 Å². The molecular formula is C15H11Cl2N5O. The first-order chi connectivity index (χ1) is 11.1. The smallest absolute Gasteiger partial charge is 0.292 e. The van der Waals surface area contributed by atoms with E-state index in [1.807, 2.05) is 0 Å². The van der Waals surface area contributed by atoms with Gasteiger partial charge in [0.1, 0.15) is 6.33 Å². The molecule has 0 saturated heterocycles. The van der Waals surface area contributed by atoms with E-state index in [0.29, 0.717) is 15.7 Å². The van der Waals surface area contributed by atoms with E-state index in [4.69, 9.17) is 29.0 Å². The number of fused-ring (bicyclic) bond motifs is 1. The molecule has 0 amide bonds. The predicted octanol–water partition coefficient (Wildman–Crippen LogP) is 2.89. The van der Waals surface area contributed by atoms with Gasteiger partial charge in [-0.2, -0.15) is 4.98 Å². The monoisotopic (exact) mass is 347 g/mol. The molecule has 0 radical (unpaired) electrons. The Morgan fingerprint density at radius 2 is 1.57 bits per heavy atom. The van der Waals surface area contributed by atoms with E-state index >= 15 is 0 Å². The molecule has 2 aliphatic carbocycles. The molecule has 2 aromatic rings. The molecule has 0 fully saturated rings. The fourth-order valence-corrected chi connectivity index (χ4v) is 2.44. The Labute approximate surface area is 141 Å². The average Bonchev–Trinajstić information content (AvgIpc) is 2.50. The zero-order valence-electron chi connectivity index (χ0n) is 11.7. The zero-order chi connectivity index (χ0) is 16.4. The van der Waals surface area contributed by atoms with Crippen molar-refractivity contribution in [3.63, 3.8) is 0 Å². The van der Waals surface area contributed by atoms with Gasteiger partial charge in [-0.3, -0.25) is 9.99 Å². The summed E-state index contributed by atoms with van der Waals surface area (Å²) in [5, 5.41) is 0.834. The van der Waals surface area contributed by atoms with Gasteiger partial charge >= 0.3 is 5.69 Å². The van der Waals surface area contributed by atoms with E-state index in [1.165, 1.54) is 22.0 Å². The van der Waals surface area contributed by atoms with Crippen molar-refractivity contribution in [2.24, 2.45) is 5.84 Å². The van der Waals surface area contributed by atoms with Gasteiger partial charge in [-0.1, -0.05) is 47.5 Å². The highest BCUT2D eigenvalue weighted by Crippen LogP contribution is 2.29. The van der Waals surface area contributed by atoms with E-state index in [2.05, 4.69) is 39.7 Å². The molecule has 4 rings (SSSR count). The Balaban J connectivity index is 0.000000213. The van der Waals surface area contributed by atoms with Crippen molar-refractivity contribution < 1.29 is 0 Å². The molecule has 6 nitrogen and oxygen atoms in total. The highest BCUT2D eigenvalue weighted by Gasteiger charge is 2.05. The summed E-state index contributed by atoms with van der Waals surface area (Å²) in [5.41, 5.74) is 4.98. The fourth-order valence-electron chi connectivity index (χ4n) is 1.92. The van der Waals surface area contributed by atoms with Crippen LogP contribution in [0.4, 0.5) is 5.95 Å². The molecule has 0 saturated carbocycles. The van der Waals surface area contributed by atoms with Crippen LogP contribution in [0.3, 0.4) is 0 Å². The first-order valence-electron chi connectivity index (χ1n) is 6.56. The number of hydrogen-bond acceptors (Lipinski definition) is 5. The molecule has 1 aromatic carbocycles. The van der Waals surface area contributed by atoms with Gasteiger partial charge < -0.3 is 0 Å². The lowest BCUT2D eigenvalue weighted by Crippen LogP contribution is -2.25.